The van der Waals surface area contributed by atoms with E-state index in [1.54, 1.807) is 25.2 Å². The molecule has 1 amide bonds. The summed E-state index contributed by atoms with van der Waals surface area (Å²) in [7, 11) is 1.59. The Hall–Kier alpha value is -3.03. The second kappa shape index (κ2) is 10.7. The third kappa shape index (κ3) is 7.09. The predicted molar refractivity (Wildman–Crippen MR) is 112 cm³/mol. The lowest BCUT2D eigenvalue weighted by molar-refractivity contribution is -0.137. The minimum Gasteiger partial charge on any atom is -0.352 e. The van der Waals surface area contributed by atoms with E-state index >= 15 is 0 Å². The van der Waals surface area contributed by atoms with Gasteiger partial charge in [0, 0.05) is 31.7 Å². The van der Waals surface area contributed by atoms with Crippen molar-refractivity contribution in [1.29, 1.82) is 0 Å². The van der Waals surface area contributed by atoms with Crippen LogP contribution in [0.4, 0.5) is 13.2 Å². The molecule has 162 valence electrons. The van der Waals surface area contributed by atoms with E-state index < -0.39 is 11.7 Å². The van der Waals surface area contributed by atoms with Crippen molar-refractivity contribution in [1.82, 2.24) is 16.0 Å². The van der Waals surface area contributed by atoms with E-state index in [0.29, 0.717) is 23.6 Å². The highest BCUT2D eigenvalue weighted by molar-refractivity contribution is 5.94. The summed E-state index contributed by atoms with van der Waals surface area (Å²) in [6, 6.07) is 12.5. The number of carbonyl (C=O) groups is 1. The summed E-state index contributed by atoms with van der Waals surface area (Å²) in [5.41, 5.74) is 1.36. The van der Waals surface area contributed by atoms with Crippen molar-refractivity contribution >= 4 is 11.9 Å². The zero-order valence-electron chi connectivity index (χ0n) is 17.3. The lowest BCUT2D eigenvalue weighted by Crippen LogP contribution is -2.36. The van der Waals surface area contributed by atoms with Crippen LogP contribution in [0.3, 0.4) is 0 Å². The van der Waals surface area contributed by atoms with Crippen LogP contribution >= 0.6 is 0 Å². The van der Waals surface area contributed by atoms with E-state index in [1.165, 1.54) is 6.07 Å². The van der Waals surface area contributed by atoms with Crippen molar-refractivity contribution in [3.63, 3.8) is 0 Å². The third-order valence-corrected chi connectivity index (χ3v) is 4.60. The summed E-state index contributed by atoms with van der Waals surface area (Å²) in [4.78, 5) is 16.2. The molecule has 0 spiro atoms. The van der Waals surface area contributed by atoms with Gasteiger partial charge in [0.15, 0.2) is 5.96 Å². The normalized spacial score (nSPS) is 12.9. The van der Waals surface area contributed by atoms with Crippen LogP contribution in [0, 0.1) is 0 Å². The number of nitrogens with one attached hydrogen (secondary N) is 3. The maximum atomic E-state index is 12.8. The Bertz CT molecular complexity index is 863. The molecule has 0 saturated heterocycles. The van der Waals surface area contributed by atoms with Crippen LogP contribution in [0.1, 0.15) is 47.3 Å². The van der Waals surface area contributed by atoms with E-state index in [4.69, 9.17) is 0 Å². The van der Waals surface area contributed by atoms with Gasteiger partial charge in [-0.15, -0.1) is 0 Å². The first-order valence-corrected chi connectivity index (χ1v) is 9.73. The number of halogens is 3. The Morgan fingerprint density at radius 3 is 2.23 bits per heavy atom. The second-order valence-corrected chi connectivity index (χ2v) is 6.96. The molecule has 5 nitrogen and oxygen atoms in total. The molecular weight excluding hydrogens is 393 g/mol. The summed E-state index contributed by atoms with van der Waals surface area (Å²) in [6.07, 6.45) is -3.51. The molecule has 1 atom stereocenters. The molecule has 0 heterocycles. The summed E-state index contributed by atoms with van der Waals surface area (Å²) in [5.74, 6) is 0.355. The van der Waals surface area contributed by atoms with Crippen LogP contribution in [0.5, 0.6) is 0 Å². The molecule has 0 fully saturated rings. The number of guanidine groups is 1. The van der Waals surface area contributed by atoms with Crippen molar-refractivity contribution in [2.24, 2.45) is 4.99 Å². The van der Waals surface area contributed by atoms with Gasteiger partial charge in [0.1, 0.15) is 0 Å². The first kappa shape index (κ1) is 23.3. The Morgan fingerprint density at radius 2 is 1.67 bits per heavy atom. The Kier molecular flexibility index (Phi) is 8.26. The van der Waals surface area contributed by atoms with Crippen molar-refractivity contribution < 1.29 is 18.0 Å². The van der Waals surface area contributed by atoms with E-state index in [2.05, 4.69) is 20.9 Å². The zero-order chi connectivity index (χ0) is 22.1. The average Bonchev–Trinajstić information content (AvgIpc) is 2.73. The third-order valence-electron chi connectivity index (χ3n) is 4.60. The van der Waals surface area contributed by atoms with E-state index in [-0.39, 0.29) is 18.5 Å². The number of benzene rings is 2. The van der Waals surface area contributed by atoms with Crippen molar-refractivity contribution in [2.45, 2.75) is 45.6 Å². The first-order valence-electron chi connectivity index (χ1n) is 9.73. The molecule has 0 radical (unpaired) electrons. The van der Waals surface area contributed by atoms with Crippen LogP contribution < -0.4 is 16.0 Å². The molecule has 3 N–H and O–H groups in total. The van der Waals surface area contributed by atoms with Crippen LogP contribution in [-0.4, -0.2) is 25.0 Å². The van der Waals surface area contributed by atoms with E-state index in [9.17, 15) is 18.0 Å². The van der Waals surface area contributed by atoms with Gasteiger partial charge in [0.05, 0.1) is 5.56 Å². The molecule has 0 aliphatic rings. The molecule has 0 saturated carbocycles. The molecule has 2 aromatic rings. The van der Waals surface area contributed by atoms with Gasteiger partial charge >= 0.3 is 6.18 Å². The van der Waals surface area contributed by atoms with Crippen molar-refractivity contribution in [3.8, 4) is 0 Å². The smallest absolute Gasteiger partial charge is 0.352 e. The first-order chi connectivity index (χ1) is 14.2. The maximum Gasteiger partial charge on any atom is 0.416 e. The Morgan fingerprint density at radius 1 is 1.03 bits per heavy atom. The summed E-state index contributed by atoms with van der Waals surface area (Å²) >= 11 is 0. The van der Waals surface area contributed by atoms with Gasteiger partial charge in [0.25, 0.3) is 5.91 Å². The van der Waals surface area contributed by atoms with Gasteiger partial charge in [-0.2, -0.15) is 13.2 Å². The van der Waals surface area contributed by atoms with Gasteiger partial charge in [-0.1, -0.05) is 31.2 Å². The number of hydrogen-bond acceptors (Lipinski definition) is 2. The Balaban J connectivity index is 1.88. The largest absolute Gasteiger partial charge is 0.416 e. The molecule has 2 rings (SSSR count). The zero-order valence-corrected chi connectivity index (χ0v) is 17.3. The van der Waals surface area contributed by atoms with E-state index in [1.807, 2.05) is 26.0 Å². The molecule has 2 aromatic carbocycles. The molecule has 0 aliphatic carbocycles. The molecular formula is C22H27F3N4O. The molecule has 0 aromatic heterocycles. The minimum atomic E-state index is -4.37. The summed E-state index contributed by atoms with van der Waals surface area (Å²) < 4.78 is 38.5. The lowest BCUT2D eigenvalue weighted by atomic mass is 10.1. The van der Waals surface area contributed by atoms with Crippen LogP contribution in [-0.2, 0) is 19.3 Å². The number of nitrogens with zero attached hydrogens (tertiary/aromatic N) is 1. The number of carbonyl (C=O) groups excluding carboxylic acids is 1. The highest BCUT2D eigenvalue weighted by Gasteiger charge is 2.30. The second-order valence-electron chi connectivity index (χ2n) is 6.96. The monoisotopic (exact) mass is 420 g/mol. The van der Waals surface area contributed by atoms with Crippen molar-refractivity contribution in [2.75, 3.05) is 7.05 Å². The maximum absolute atomic E-state index is 12.8. The predicted octanol–water partition coefficient (Wildman–Crippen LogP) is 4.10. The number of rotatable bonds is 7. The topological polar surface area (TPSA) is 65.5 Å². The molecule has 1 unspecified atom stereocenters. The Labute approximate surface area is 174 Å². The fourth-order valence-corrected chi connectivity index (χ4v) is 2.63. The SMILES string of the molecule is CCC(C)NC(=O)c1ccc(CNC(=NC)NCc2cccc(C(F)(F)F)c2)cc1. The van der Waals surface area contributed by atoms with Crippen LogP contribution in [0.15, 0.2) is 53.5 Å². The van der Waals surface area contributed by atoms with Crippen LogP contribution in [0.2, 0.25) is 0 Å². The lowest BCUT2D eigenvalue weighted by Gasteiger charge is -2.14. The van der Waals surface area contributed by atoms with Crippen LogP contribution in [0.25, 0.3) is 0 Å². The summed E-state index contributed by atoms with van der Waals surface area (Å²) in [6.45, 7) is 4.62. The number of amides is 1. The minimum absolute atomic E-state index is 0.109. The average molecular weight is 420 g/mol. The highest BCUT2D eigenvalue weighted by Crippen LogP contribution is 2.29. The number of alkyl halides is 3. The van der Waals surface area contributed by atoms with Gasteiger partial charge < -0.3 is 16.0 Å². The quantitative estimate of drug-likeness (QED) is 0.467. The molecule has 8 heteroatoms. The fraction of sp³-hybridized carbons (Fsp3) is 0.364. The standard InChI is InChI=1S/C22H27F3N4O/c1-4-15(2)29-20(30)18-10-8-16(9-11-18)13-27-21(26-3)28-14-17-6-5-7-19(12-17)22(23,24)25/h5-12,15H,4,13-14H2,1-3H3,(H,29,30)(H2,26,27,28). The van der Waals surface area contributed by atoms with Gasteiger partial charge in [0.2, 0.25) is 0 Å². The number of aliphatic imine (C=N–C) groups is 1. The number of hydrogen-bond donors (Lipinski definition) is 3. The van der Waals surface area contributed by atoms with Gasteiger partial charge in [-0.3, -0.25) is 9.79 Å². The molecule has 0 bridgehead atoms. The molecule has 0 aliphatic heterocycles. The van der Waals surface area contributed by atoms with Crippen molar-refractivity contribution in [3.05, 3.63) is 70.8 Å². The highest BCUT2D eigenvalue weighted by atomic mass is 19.4. The van der Waals surface area contributed by atoms with Gasteiger partial charge in [-0.25, -0.2) is 0 Å². The van der Waals surface area contributed by atoms with Gasteiger partial charge in [-0.05, 0) is 48.7 Å². The molecule has 30 heavy (non-hydrogen) atoms. The summed E-state index contributed by atoms with van der Waals surface area (Å²) in [5, 5.41) is 9.02. The van der Waals surface area contributed by atoms with E-state index in [0.717, 1.165) is 24.1 Å². The fourth-order valence-electron chi connectivity index (χ4n) is 2.63.